The zero-order chi connectivity index (χ0) is 20.1. The van der Waals surface area contributed by atoms with Crippen LogP contribution >= 0.6 is 0 Å². The Kier molecular flexibility index (Phi) is 4.81. The fourth-order valence-corrected chi connectivity index (χ4v) is 5.04. The first-order chi connectivity index (χ1) is 14.0. The Morgan fingerprint density at radius 1 is 1.10 bits per heavy atom. The summed E-state index contributed by atoms with van der Waals surface area (Å²) < 4.78 is 8.56. The smallest absolute Gasteiger partial charge is 0.270 e. The van der Waals surface area contributed by atoms with E-state index in [0.29, 0.717) is 12.1 Å². The minimum atomic E-state index is 0.190. The fraction of sp³-hybridized carbons (Fsp3) is 0.625. The van der Waals surface area contributed by atoms with Crippen molar-refractivity contribution < 1.29 is 9.53 Å². The number of ether oxygens (including phenoxy) is 1. The number of likely N-dealkylation sites (tertiary alicyclic amines) is 1. The minimum absolute atomic E-state index is 0.190. The predicted octanol–water partition coefficient (Wildman–Crippen LogP) is 4.32. The van der Waals surface area contributed by atoms with E-state index in [9.17, 15) is 4.79 Å². The molecule has 5 rings (SSSR count). The highest BCUT2D eigenvalue weighted by atomic mass is 16.5. The van der Waals surface area contributed by atoms with Crippen LogP contribution in [0, 0.1) is 5.92 Å². The third kappa shape index (κ3) is 3.65. The van der Waals surface area contributed by atoms with Crippen molar-refractivity contribution >= 4 is 16.8 Å². The van der Waals surface area contributed by atoms with Gasteiger partial charge < -0.3 is 19.1 Å². The molecule has 1 aromatic carbocycles. The first kappa shape index (κ1) is 19.0. The highest BCUT2D eigenvalue weighted by Gasteiger charge is 2.34. The number of nitrogens with zero attached hydrogens (tertiary/aromatic N) is 3. The molecule has 0 spiro atoms. The Bertz CT molecular complexity index is 906. The van der Waals surface area contributed by atoms with Crippen LogP contribution in [0.15, 0.2) is 24.3 Å². The molecule has 2 fully saturated rings. The Morgan fingerprint density at radius 3 is 2.55 bits per heavy atom. The molecule has 5 nitrogen and oxygen atoms in total. The molecule has 1 unspecified atom stereocenters. The van der Waals surface area contributed by atoms with Crippen molar-refractivity contribution in [3.8, 4) is 5.75 Å². The second kappa shape index (κ2) is 7.35. The van der Waals surface area contributed by atoms with Crippen LogP contribution in [0.25, 0.3) is 10.9 Å². The maximum atomic E-state index is 13.1. The summed E-state index contributed by atoms with van der Waals surface area (Å²) in [5, 5.41) is 1.12. The number of carbonyl (C=O) groups is 1. The van der Waals surface area contributed by atoms with Crippen LogP contribution in [0.3, 0.4) is 0 Å². The summed E-state index contributed by atoms with van der Waals surface area (Å²) in [5.41, 5.74) is 1.98. The summed E-state index contributed by atoms with van der Waals surface area (Å²) in [6.07, 6.45) is 4.99. The monoisotopic (exact) mass is 395 g/mol. The van der Waals surface area contributed by atoms with E-state index < -0.39 is 0 Å². The van der Waals surface area contributed by atoms with Crippen molar-refractivity contribution in [3.63, 3.8) is 0 Å². The fourth-order valence-electron chi connectivity index (χ4n) is 5.04. The minimum Gasteiger partial charge on any atom is -0.490 e. The second-order valence-electron chi connectivity index (χ2n) is 9.57. The van der Waals surface area contributed by atoms with Gasteiger partial charge in [0.25, 0.3) is 5.91 Å². The number of benzene rings is 1. The number of hydrogen-bond donors (Lipinski definition) is 0. The van der Waals surface area contributed by atoms with Crippen LogP contribution in [-0.2, 0) is 0 Å². The first-order valence-corrected chi connectivity index (χ1v) is 11.3. The van der Waals surface area contributed by atoms with Gasteiger partial charge in [-0.05, 0) is 76.6 Å². The third-order valence-corrected chi connectivity index (χ3v) is 6.93. The van der Waals surface area contributed by atoms with Crippen molar-refractivity contribution in [1.29, 1.82) is 0 Å². The van der Waals surface area contributed by atoms with Crippen molar-refractivity contribution in [2.45, 2.75) is 64.6 Å². The van der Waals surface area contributed by atoms with E-state index in [1.165, 1.54) is 12.8 Å². The van der Waals surface area contributed by atoms with Gasteiger partial charge in [-0.15, -0.1) is 0 Å². The largest absolute Gasteiger partial charge is 0.490 e. The maximum Gasteiger partial charge on any atom is 0.270 e. The lowest BCUT2D eigenvalue weighted by atomic mass is 10.1. The lowest BCUT2D eigenvalue weighted by molar-refractivity contribution is 0.0670. The van der Waals surface area contributed by atoms with Crippen LogP contribution < -0.4 is 4.74 Å². The summed E-state index contributed by atoms with van der Waals surface area (Å²) in [7, 11) is 0. The van der Waals surface area contributed by atoms with E-state index in [1.54, 1.807) is 0 Å². The Balaban J connectivity index is 1.34. The standard InChI is InChI=1S/C24H33N3O2/c1-16(2)25-10-8-20(9-11-25)29-21-6-7-22-19(12-21)13-23-24(28)26(15-18-4-5-18)14-17(3)27(22)23/h6-7,12-13,16-18,20H,4-5,8-11,14-15H2,1-3H3. The Morgan fingerprint density at radius 2 is 1.86 bits per heavy atom. The number of piperidine rings is 1. The lowest BCUT2D eigenvalue weighted by Crippen LogP contribution is -2.42. The Labute approximate surface area is 173 Å². The predicted molar refractivity (Wildman–Crippen MR) is 116 cm³/mol. The van der Waals surface area contributed by atoms with Gasteiger partial charge in [0, 0.05) is 49.2 Å². The molecule has 2 aromatic rings. The molecule has 0 bridgehead atoms. The summed E-state index contributed by atoms with van der Waals surface area (Å²) in [5.74, 6) is 1.84. The SMILES string of the molecule is CC(C)N1CCC(Oc2ccc3c(c2)cc2n3C(C)CN(CC3CC3)C2=O)CC1. The highest BCUT2D eigenvalue weighted by molar-refractivity contribution is 6.00. The van der Waals surface area contributed by atoms with Crippen LogP contribution in [0.4, 0.5) is 0 Å². The van der Waals surface area contributed by atoms with Gasteiger partial charge in [0.2, 0.25) is 0 Å². The van der Waals surface area contributed by atoms with Crippen molar-refractivity contribution in [1.82, 2.24) is 14.4 Å². The second-order valence-corrected chi connectivity index (χ2v) is 9.57. The van der Waals surface area contributed by atoms with Gasteiger partial charge in [0.15, 0.2) is 0 Å². The molecule has 156 valence electrons. The first-order valence-electron chi connectivity index (χ1n) is 11.3. The van der Waals surface area contributed by atoms with E-state index in [-0.39, 0.29) is 12.0 Å². The van der Waals surface area contributed by atoms with Crippen molar-refractivity contribution in [2.24, 2.45) is 5.92 Å². The average Bonchev–Trinajstić information content (AvgIpc) is 3.43. The molecule has 1 atom stereocenters. The molecule has 1 aromatic heterocycles. The quantitative estimate of drug-likeness (QED) is 0.757. The molecule has 1 saturated carbocycles. The molecule has 5 heteroatoms. The molecule has 0 radical (unpaired) electrons. The summed E-state index contributed by atoms with van der Waals surface area (Å²) in [4.78, 5) is 17.6. The summed E-state index contributed by atoms with van der Waals surface area (Å²) in [6.45, 7) is 10.7. The summed E-state index contributed by atoms with van der Waals surface area (Å²) in [6, 6.07) is 9.34. The van der Waals surface area contributed by atoms with E-state index in [1.807, 2.05) is 0 Å². The van der Waals surface area contributed by atoms with Gasteiger partial charge in [-0.2, -0.15) is 0 Å². The van der Waals surface area contributed by atoms with Gasteiger partial charge in [0.1, 0.15) is 17.5 Å². The van der Waals surface area contributed by atoms with E-state index >= 15 is 0 Å². The average molecular weight is 396 g/mol. The van der Waals surface area contributed by atoms with Crippen LogP contribution in [0.5, 0.6) is 5.75 Å². The maximum absolute atomic E-state index is 13.1. The number of amides is 1. The molecular weight excluding hydrogens is 362 g/mol. The van der Waals surface area contributed by atoms with E-state index in [2.05, 4.69) is 59.4 Å². The normalized spacial score (nSPS) is 23.8. The van der Waals surface area contributed by atoms with Gasteiger partial charge >= 0.3 is 0 Å². The zero-order valence-corrected chi connectivity index (χ0v) is 17.9. The molecule has 1 amide bonds. The summed E-state index contributed by atoms with van der Waals surface area (Å²) >= 11 is 0. The van der Waals surface area contributed by atoms with Gasteiger partial charge in [-0.1, -0.05) is 0 Å². The number of hydrogen-bond acceptors (Lipinski definition) is 3. The third-order valence-electron chi connectivity index (χ3n) is 6.93. The lowest BCUT2D eigenvalue weighted by Gasteiger charge is -2.34. The van der Waals surface area contributed by atoms with Crippen molar-refractivity contribution in [2.75, 3.05) is 26.2 Å². The highest BCUT2D eigenvalue weighted by Crippen LogP contribution is 2.35. The van der Waals surface area contributed by atoms with Gasteiger partial charge in [-0.25, -0.2) is 0 Å². The van der Waals surface area contributed by atoms with Gasteiger partial charge in [-0.3, -0.25) is 4.79 Å². The molecule has 1 aliphatic carbocycles. The molecule has 3 heterocycles. The Hall–Kier alpha value is -2.01. The molecule has 29 heavy (non-hydrogen) atoms. The van der Waals surface area contributed by atoms with Crippen LogP contribution in [0.2, 0.25) is 0 Å². The molecule has 3 aliphatic rings. The number of carbonyl (C=O) groups excluding carboxylic acids is 1. The zero-order valence-electron chi connectivity index (χ0n) is 17.9. The number of rotatable bonds is 5. The van der Waals surface area contributed by atoms with Crippen LogP contribution in [0.1, 0.15) is 63.0 Å². The molecule has 1 saturated heterocycles. The number of fused-ring (bicyclic) bond motifs is 3. The van der Waals surface area contributed by atoms with Gasteiger partial charge in [0.05, 0.1) is 0 Å². The molecule has 2 aliphatic heterocycles. The van der Waals surface area contributed by atoms with Crippen molar-refractivity contribution in [3.05, 3.63) is 30.0 Å². The van der Waals surface area contributed by atoms with E-state index in [0.717, 1.165) is 67.3 Å². The van der Waals surface area contributed by atoms with Crippen LogP contribution in [-0.4, -0.2) is 58.6 Å². The molecular formula is C24H33N3O2. The topological polar surface area (TPSA) is 37.7 Å². The molecule has 0 N–H and O–H groups in total. The van der Waals surface area contributed by atoms with E-state index in [4.69, 9.17) is 4.74 Å². The number of aromatic nitrogens is 1.